The molecule has 0 saturated heterocycles. The monoisotopic (exact) mass is 263 g/mol. The first-order valence-electron chi connectivity index (χ1n) is 5.21. The number of nitrogens with zero attached hydrogens (tertiary/aromatic N) is 1. The van der Waals surface area contributed by atoms with Crippen molar-refractivity contribution in [3.05, 3.63) is 12.2 Å². The van der Waals surface area contributed by atoms with E-state index < -0.39 is 5.97 Å². The van der Waals surface area contributed by atoms with Gasteiger partial charge in [0.05, 0.1) is 0 Å². The van der Waals surface area contributed by atoms with E-state index >= 15 is 0 Å². The molecule has 0 radical (unpaired) electrons. The summed E-state index contributed by atoms with van der Waals surface area (Å²) in [6.45, 7) is 13.0. The van der Waals surface area contributed by atoms with Crippen LogP contribution in [0.4, 0.5) is 0 Å². The van der Waals surface area contributed by atoms with Gasteiger partial charge < -0.3 is 10.0 Å². The second-order valence-electron chi connectivity index (χ2n) is 2.96. The zero-order valence-electron chi connectivity index (χ0n) is 10.4. The molecule has 5 heteroatoms. The van der Waals surface area contributed by atoms with Crippen LogP contribution in [0.3, 0.4) is 0 Å². The minimum Gasteiger partial charge on any atom is -0.478 e. The van der Waals surface area contributed by atoms with Crippen molar-refractivity contribution in [2.75, 3.05) is 18.8 Å². The number of aliphatic carboxylic acids is 1. The van der Waals surface area contributed by atoms with E-state index in [1.165, 1.54) is 6.92 Å². The van der Waals surface area contributed by atoms with Gasteiger partial charge in [-0.15, -0.1) is 0 Å². The van der Waals surface area contributed by atoms with Gasteiger partial charge in [-0.1, -0.05) is 37.5 Å². The normalized spacial score (nSPS) is 8.75. The van der Waals surface area contributed by atoms with E-state index in [2.05, 4.69) is 32.3 Å². The van der Waals surface area contributed by atoms with Crippen LogP contribution in [-0.4, -0.2) is 39.1 Å². The lowest BCUT2D eigenvalue weighted by Crippen LogP contribution is -2.26. The van der Waals surface area contributed by atoms with Crippen molar-refractivity contribution in [2.24, 2.45) is 0 Å². The first-order valence-corrected chi connectivity index (χ1v) is 6.60. The lowest BCUT2D eigenvalue weighted by molar-refractivity contribution is -0.132. The molecule has 0 unspecified atom stereocenters. The molecule has 0 saturated carbocycles. The molecule has 16 heavy (non-hydrogen) atoms. The summed E-state index contributed by atoms with van der Waals surface area (Å²) in [5.74, 6) is 0.144. The molecule has 1 N–H and O–H groups in total. The van der Waals surface area contributed by atoms with Gasteiger partial charge in [-0.2, -0.15) is 0 Å². The summed E-state index contributed by atoms with van der Waals surface area (Å²) in [6.07, 6.45) is 0. The van der Waals surface area contributed by atoms with Gasteiger partial charge in [-0.05, 0) is 26.5 Å². The number of rotatable bonds is 4. The summed E-state index contributed by atoms with van der Waals surface area (Å²) in [4.78, 5) is 11.8. The van der Waals surface area contributed by atoms with Crippen molar-refractivity contribution < 1.29 is 9.90 Å². The van der Waals surface area contributed by atoms with E-state index in [9.17, 15) is 4.79 Å². The van der Waals surface area contributed by atoms with Crippen LogP contribution in [-0.2, 0) is 4.79 Å². The highest BCUT2D eigenvalue weighted by Gasteiger charge is 2.02. The van der Waals surface area contributed by atoms with Crippen molar-refractivity contribution >= 4 is 34.3 Å². The summed E-state index contributed by atoms with van der Waals surface area (Å²) in [5, 5.41) is 7.89. The second-order valence-corrected chi connectivity index (χ2v) is 4.85. The average molecular weight is 263 g/mol. The van der Waals surface area contributed by atoms with Gasteiger partial charge in [-0.25, -0.2) is 4.79 Å². The van der Waals surface area contributed by atoms with Crippen LogP contribution in [0.5, 0.6) is 0 Å². The first kappa shape index (κ1) is 17.8. The molecule has 0 heterocycles. The molecular weight excluding hydrogens is 242 g/mol. The fourth-order valence-electron chi connectivity index (χ4n) is 0.697. The van der Waals surface area contributed by atoms with Gasteiger partial charge in [-0.3, -0.25) is 0 Å². The number of carboxylic acids is 1. The Balaban J connectivity index is 0. The maximum Gasteiger partial charge on any atom is 0.330 e. The van der Waals surface area contributed by atoms with Crippen LogP contribution in [0.1, 0.15) is 27.7 Å². The van der Waals surface area contributed by atoms with E-state index in [0.29, 0.717) is 0 Å². The first-order chi connectivity index (χ1) is 7.40. The van der Waals surface area contributed by atoms with Gasteiger partial charge in [0.25, 0.3) is 0 Å². The molecule has 0 atom stereocenters. The van der Waals surface area contributed by atoms with Crippen molar-refractivity contribution in [2.45, 2.75) is 27.7 Å². The Labute approximate surface area is 108 Å². The molecule has 0 aliphatic carbocycles. The number of thioether (sulfide) groups is 1. The molecule has 0 amide bonds. The molecule has 0 aromatic heterocycles. The summed E-state index contributed by atoms with van der Waals surface area (Å²) in [6, 6.07) is 0. The zero-order chi connectivity index (χ0) is 13.1. The summed E-state index contributed by atoms with van der Waals surface area (Å²) >= 11 is 6.91. The minimum absolute atomic E-state index is 0.176. The predicted molar refractivity (Wildman–Crippen MR) is 76.1 cm³/mol. The summed E-state index contributed by atoms with van der Waals surface area (Å²) in [7, 11) is 0. The number of carbonyl (C=O) groups is 1. The fourth-order valence-corrected chi connectivity index (χ4v) is 2.00. The molecule has 0 fully saturated rings. The predicted octanol–water partition coefficient (Wildman–Crippen LogP) is 3.01. The fraction of sp³-hybridized carbons (Fsp3) is 0.636. The standard InChI is InChI=1S/C7H15NS2.C4H6O2/c1-4-8(5-2)7(9)10-6-3;1-3(2)4(5)6/h4-6H2,1-3H3;1H2,2H3,(H,5,6). The minimum atomic E-state index is -0.935. The highest BCUT2D eigenvalue weighted by atomic mass is 32.2. The molecule has 0 rings (SSSR count). The Morgan fingerprint density at radius 3 is 1.94 bits per heavy atom. The van der Waals surface area contributed by atoms with Gasteiger partial charge >= 0.3 is 5.97 Å². The third-order valence-corrected chi connectivity index (χ3v) is 3.06. The Bertz CT molecular complexity index is 226. The van der Waals surface area contributed by atoms with Gasteiger partial charge in [0, 0.05) is 18.7 Å². The highest BCUT2D eigenvalue weighted by molar-refractivity contribution is 8.22. The van der Waals surface area contributed by atoms with Crippen LogP contribution < -0.4 is 0 Å². The topological polar surface area (TPSA) is 40.5 Å². The third kappa shape index (κ3) is 9.98. The number of hydrogen-bond donors (Lipinski definition) is 1. The van der Waals surface area contributed by atoms with Crippen LogP contribution in [0.25, 0.3) is 0 Å². The maximum absolute atomic E-state index is 9.60. The van der Waals surface area contributed by atoms with Crippen LogP contribution >= 0.6 is 24.0 Å². The van der Waals surface area contributed by atoms with Crippen molar-refractivity contribution in [3.8, 4) is 0 Å². The molecule has 0 aliphatic heterocycles. The largest absolute Gasteiger partial charge is 0.478 e. The van der Waals surface area contributed by atoms with Gasteiger partial charge in [0.2, 0.25) is 0 Å². The van der Waals surface area contributed by atoms with Crippen molar-refractivity contribution in [1.82, 2.24) is 4.90 Å². The molecule has 3 nitrogen and oxygen atoms in total. The van der Waals surface area contributed by atoms with E-state index in [1.54, 1.807) is 11.8 Å². The van der Waals surface area contributed by atoms with E-state index in [-0.39, 0.29) is 5.57 Å². The molecule has 0 spiro atoms. The zero-order valence-corrected chi connectivity index (χ0v) is 12.1. The number of carboxylic acid groups (broad SMARTS) is 1. The molecule has 0 aliphatic rings. The molecule has 0 aromatic carbocycles. The van der Waals surface area contributed by atoms with Crippen LogP contribution in [0.2, 0.25) is 0 Å². The second kappa shape index (κ2) is 11.0. The SMILES string of the molecule is C=C(C)C(=O)O.CCSC(=S)N(CC)CC. The third-order valence-electron chi connectivity index (χ3n) is 1.65. The van der Waals surface area contributed by atoms with E-state index in [1.807, 2.05) is 0 Å². The molecule has 0 aromatic rings. The van der Waals surface area contributed by atoms with Crippen molar-refractivity contribution in [1.29, 1.82) is 0 Å². The average Bonchev–Trinajstić information content (AvgIpc) is 2.20. The molecular formula is C11H21NO2S2. The molecule has 0 bridgehead atoms. The quantitative estimate of drug-likeness (QED) is 0.623. The Kier molecular flexibility index (Phi) is 12.2. The Morgan fingerprint density at radius 1 is 1.38 bits per heavy atom. The highest BCUT2D eigenvalue weighted by Crippen LogP contribution is 2.07. The van der Waals surface area contributed by atoms with Gasteiger partial charge in [0.1, 0.15) is 4.32 Å². The maximum atomic E-state index is 9.60. The summed E-state index contributed by atoms with van der Waals surface area (Å²) in [5.41, 5.74) is 0.176. The van der Waals surface area contributed by atoms with Gasteiger partial charge in [0.15, 0.2) is 0 Å². The molecule has 94 valence electrons. The van der Waals surface area contributed by atoms with E-state index in [4.69, 9.17) is 17.3 Å². The summed E-state index contributed by atoms with van der Waals surface area (Å²) < 4.78 is 1.03. The number of hydrogen-bond acceptors (Lipinski definition) is 3. The lowest BCUT2D eigenvalue weighted by atomic mass is 10.4. The van der Waals surface area contributed by atoms with Crippen LogP contribution in [0, 0.1) is 0 Å². The Morgan fingerprint density at radius 2 is 1.75 bits per heavy atom. The van der Waals surface area contributed by atoms with Crippen LogP contribution in [0.15, 0.2) is 12.2 Å². The van der Waals surface area contributed by atoms with E-state index in [0.717, 1.165) is 23.2 Å². The Hall–Kier alpha value is -0.550. The van der Waals surface area contributed by atoms with Crippen molar-refractivity contribution in [3.63, 3.8) is 0 Å². The number of thiocarbonyl (C=S) groups is 1. The smallest absolute Gasteiger partial charge is 0.330 e. The lowest BCUT2D eigenvalue weighted by Gasteiger charge is -2.20.